The van der Waals surface area contributed by atoms with Crippen LogP contribution in [-0.2, 0) is 26.0 Å². The van der Waals surface area contributed by atoms with Crippen molar-refractivity contribution in [3.63, 3.8) is 0 Å². The molecule has 0 aliphatic heterocycles. The Bertz CT molecular complexity index is 1050. The number of nitrogens with zero attached hydrogens (tertiary/aromatic N) is 1. The van der Waals surface area contributed by atoms with Crippen LogP contribution in [-0.4, -0.2) is 10.9 Å². The van der Waals surface area contributed by atoms with E-state index >= 15 is 0 Å². The third kappa shape index (κ3) is 5.02. The third-order valence-corrected chi connectivity index (χ3v) is 5.22. The molecule has 0 amide bonds. The van der Waals surface area contributed by atoms with E-state index in [0.717, 1.165) is 40.8 Å². The number of carbonyl (C=O) groups excluding carboxylic acids is 1. The number of hydrogen-bond acceptors (Lipinski definition) is 3. The number of benzene rings is 2. The molecular formula is C25H27NO3. The fraction of sp³-hybridized carbons (Fsp3) is 0.280. The number of aldehydes is 1. The predicted molar refractivity (Wildman–Crippen MR) is 116 cm³/mol. The lowest BCUT2D eigenvalue weighted by Crippen LogP contribution is -2.28. The molecule has 0 aliphatic rings. The number of hydrogen-bond donors (Lipinski definition) is 0. The Morgan fingerprint density at radius 2 is 1.72 bits per heavy atom. The second-order valence-corrected chi connectivity index (χ2v) is 7.31. The number of pyridine rings is 1. The van der Waals surface area contributed by atoms with E-state index in [0.29, 0.717) is 25.1 Å². The summed E-state index contributed by atoms with van der Waals surface area (Å²) in [7, 11) is 0. The minimum Gasteiger partial charge on any atom is -0.487 e. The predicted octanol–water partition coefficient (Wildman–Crippen LogP) is 4.66. The molecule has 0 saturated carbocycles. The molecule has 2 aromatic carbocycles. The average molecular weight is 389 g/mol. The fourth-order valence-electron chi connectivity index (χ4n) is 3.46. The molecule has 0 unspecified atom stereocenters. The van der Waals surface area contributed by atoms with Crippen LogP contribution in [0.5, 0.6) is 5.75 Å². The van der Waals surface area contributed by atoms with Gasteiger partial charge in [0.05, 0.1) is 5.69 Å². The number of ether oxygens (including phenoxy) is 1. The molecule has 0 bridgehead atoms. The van der Waals surface area contributed by atoms with Crippen LogP contribution < -0.4 is 10.3 Å². The summed E-state index contributed by atoms with van der Waals surface area (Å²) < 4.78 is 7.86. The minimum absolute atomic E-state index is 0.0148. The number of carbonyl (C=O) groups is 1. The van der Waals surface area contributed by atoms with Crippen molar-refractivity contribution in [3.8, 4) is 5.75 Å². The van der Waals surface area contributed by atoms with Crippen molar-refractivity contribution >= 4 is 6.29 Å². The smallest absolute Gasteiger partial charge is 0.253 e. The molecule has 1 aromatic heterocycles. The molecule has 150 valence electrons. The van der Waals surface area contributed by atoms with Crippen molar-refractivity contribution in [2.45, 2.75) is 46.8 Å². The summed E-state index contributed by atoms with van der Waals surface area (Å²) in [6, 6.07) is 17.5. The molecule has 3 rings (SSSR count). The van der Waals surface area contributed by atoms with Crippen LogP contribution in [0.15, 0.2) is 59.4 Å². The lowest BCUT2D eigenvalue weighted by molar-refractivity contribution is 0.112. The highest BCUT2D eigenvalue weighted by atomic mass is 16.5. The Hall–Kier alpha value is -3.14. The van der Waals surface area contributed by atoms with Gasteiger partial charge in [-0.2, -0.15) is 0 Å². The van der Waals surface area contributed by atoms with Crippen molar-refractivity contribution in [1.82, 2.24) is 4.57 Å². The highest BCUT2D eigenvalue weighted by Gasteiger charge is 2.12. The second-order valence-electron chi connectivity index (χ2n) is 7.31. The molecule has 3 aromatic rings. The first-order chi connectivity index (χ1) is 14.0. The van der Waals surface area contributed by atoms with E-state index in [4.69, 9.17) is 4.74 Å². The van der Waals surface area contributed by atoms with Gasteiger partial charge >= 0.3 is 0 Å². The fourth-order valence-corrected chi connectivity index (χ4v) is 3.46. The van der Waals surface area contributed by atoms with Crippen LogP contribution in [0.2, 0.25) is 0 Å². The van der Waals surface area contributed by atoms with E-state index < -0.39 is 0 Å². The maximum Gasteiger partial charge on any atom is 0.253 e. The summed E-state index contributed by atoms with van der Waals surface area (Å²) in [6.07, 6.45) is 2.50. The van der Waals surface area contributed by atoms with Gasteiger partial charge in [-0.25, -0.2) is 0 Å². The Balaban J connectivity index is 1.83. The molecule has 1 heterocycles. The first-order valence-electron chi connectivity index (χ1n) is 9.97. The highest BCUT2D eigenvalue weighted by molar-refractivity contribution is 5.74. The standard InChI is InChI=1S/C25H27NO3/c1-4-20-6-5-7-23(15-20)29-17-24-18(2)14-19(3)25(28)26(24)13-12-21-8-10-22(16-27)11-9-21/h5-11,14-16H,4,12-13,17H2,1-3H3. The van der Waals surface area contributed by atoms with Gasteiger partial charge in [-0.05, 0) is 61.6 Å². The maximum absolute atomic E-state index is 12.8. The van der Waals surface area contributed by atoms with E-state index in [9.17, 15) is 9.59 Å². The molecule has 4 nitrogen and oxygen atoms in total. The van der Waals surface area contributed by atoms with E-state index in [1.165, 1.54) is 5.56 Å². The van der Waals surface area contributed by atoms with Crippen molar-refractivity contribution in [1.29, 1.82) is 0 Å². The Kier molecular flexibility index (Phi) is 6.65. The lowest BCUT2D eigenvalue weighted by Gasteiger charge is -2.18. The molecule has 0 saturated heterocycles. The highest BCUT2D eigenvalue weighted by Crippen LogP contribution is 2.17. The monoisotopic (exact) mass is 389 g/mol. The van der Waals surface area contributed by atoms with Gasteiger partial charge in [-0.1, -0.05) is 43.3 Å². The first-order valence-corrected chi connectivity index (χ1v) is 9.97. The van der Waals surface area contributed by atoms with Gasteiger partial charge < -0.3 is 9.30 Å². The molecule has 0 atom stereocenters. The number of aromatic nitrogens is 1. The second kappa shape index (κ2) is 9.37. The van der Waals surface area contributed by atoms with Gasteiger partial charge in [0.2, 0.25) is 0 Å². The normalized spacial score (nSPS) is 10.7. The summed E-state index contributed by atoms with van der Waals surface area (Å²) in [5.41, 5.74) is 5.65. The average Bonchev–Trinajstić information content (AvgIpc) is 2.75. The van der Waals surface area contributed by atoms with Crippen LogP contribution >= 0.6 is 0 Å². The van der Waals surface area contributed by atoms with Gasteiger partial charge in [0.1, 0.15) is 18.6 Å². The van der Waals surface area contributed by atoms with Crippen LogP contribution in [0, 0.1) is 13.8 Å². The van der Waals surface area contributed by atoms with E-state index in [-0.39, 0.29) is 5.56 Å². The molecule has 0 spiro atoms. The van der Waals surface area contributed by atoms with Crippen LogP contribution in [0.3, 0.4) is 0 Å². The van der Waals surface area contributed by atoms with Gasteiger partial charge in [0, 0.05) is 17.7 Å². The van der Waals surface area contributed by atoms with Gasteiger partial charge in [-0.3, -0.25) is 9.59 Å². The SMILES string of the molecule is CCc1cccc(OCc2c(C)cc(C)c(=O)n2CCc2ccc(C=O)cc2)c1. The first kappa shape index (κ1) is 20.6. The summed E-state index contributed by atoms with van der Waals surface area (Å²) in [4.78, 5) is 23.7. The zero-order chi connectivity index (χ0) is 20.8. The molecule has 0 aliphatic carbocycles. The summed E-state index contributed by atoms with van der Waals surface area (Å²) >= 11 is 0. The molecule has 29 heavy (non-hydrogen) atoms. The van der Waals surface area contributed by atoms with E-state index in [2.05, 4.69) is 13.0 Å². The van der Waals surface area contributed by atoms with Gasteiger partial charge in [0.25, 0.3) is 5.56 Å². The van der Waals surface area contributed by atoms with Crippen LogP contribution in [0.1, 0.15) is 45.2 Å². The summed E-state index contributed by atoms with van der Waals surface area (Å²) in [5.74, 6) is 0.813. The molecule has 4 heteroatoms. The third-order valence-electron chi connectivity index (χ3n) is 5.22. The zero-order valence-electron chi connectivity index (χ0n) is 17.3. The van der Waals surface area contributed by atoms with Crippen molar-refractivity contribution in [2.24, 2.45) is 0 Å². The Labute approximate surface area is 171 Å². The zero-order valence-corrected chi connectivity index (χ0v) is 17.3. The quantitative estimate of drug-likeness (QED) is 0.527. The molecule has 0 fully saturated rings. The van der Waals surface area contributed by atoms with Crippen molar-refractivity contribution in [2.75, 3.05) is 0 Å². The van der Waals surface area contributed by atoms with E-state index in [1.54, 1.807) is 12.1 Å². The van der Waals surface area contributed by atoms with Crippen molar-refractivity contribution in [3.05, 3.63) is 98.5 Å². The Morgan fingerprint density at radius 1 is 0.966 bits per heavy atom. The largest absolute Gasteiger partial charge is 0.487 e. The van der Waals surface area contributed by atoms with E-state index in [1.807, 2.05) is 54.8 Å². The number of rotatable bonds is 8. The summed E-state index contributed by atoms with van der Waals surface area (Å²) in [6.45, 7) is 6.89. The maximum atomic E-state index is 12.8. The van der Waals surface area contributed by atoms with Crippen molar-refractivity contribution < 1.29 is 9.53 Å². The number of aryl methyl sites for hydroxylation is 4. The molecule has 0 radical (unpaired) electrons. The van der Waals surface area contributed by atoms with Crippen LogP contribution in [0.25, 0.3) is 0 Å². The topological polar surface area (TPSA) is 48.3 Å². The molecule has 0 N–H and O–H groups in total. The summed E-state index contributed by atoms with van der Waals surface area (Å²) in [5, 5.41) is 0. The van der Waals surface area contributed by atoms with Gasteiger partial charge in [0.15, 0.2) is 0 Å². The molecular weight excluding hydrogens is 362 g/mol. The minimum atomic E-state index is 0.0148. The Morgan fingerprint density at radius 3 is 2.41 bits per heavy atom. The lowest BCUT2D eigenvalue weighted by atomic mass is 10.1. The van der Waals surface area contributed by atoms with Gasteiger partial charge in [-0.15, -0.1) is 0 Å². The van der Waals surface area contributed by atoms with Crippen LogP contribution in [0.4, 0.5) is 0 Å².